The van der Waals surface area contributed by atoms with Crippen molar-refractivity contribution in [3.8, 4) is 0 Å². The van der Waals surface area contributed by atoms with Gasteiger partial charge in [0.2, 0.25) is 0 Å². The Labute approximate surface area is 188 Å². The summed E-state index contributed by atoms with van der Waals surface area (Å²) in [5, 5.41) is 2.64. The monoisotopic (exact) mass is 502 g/mol. The van der Waals surface area contributed by atoms with E-state index >= 15 is 0 Å². The van der Waals surface area contributed by atoms with Crippen LogP contribution in [0.1, 0.15) is 20.7 Å². The van der Waals surface area contributed by atoms with Gasteiger partial charge >= 0.3 is 5.97 Å². The van der Waals surface area contributed by atoms with Crippen molar-refractivity contribution in [3.05, 3.63) is 88.4 Å². The van der Waals surface area contributed by atoms with E-state index in [0.717, 1.165) is 4.31 Å². The molecule has 0 aliphatic carbocycles. The number of para-hydroxylation sites is 1. The van der Waals surface area contributed by atoms with Gasteiger partial charge in [0.1, 0.15) is 0 Å². The molecule has 1 N–H and O–H groups in total. The number of benzene rings is 3. The first-order valence-corrected chi connectivity index (χ1v) is 11.3. The van der Waals surface area contributed by atoms with E-state index in [-0.39, 0.29) is 21.7 Å². The van der Waals surface area contributed by atoms with Crippen molar-refractivity contribution in [1.82, 2.24) is 0 Å². The van der Waals surface area contributed by atoms with E-state index in [1.165, 1.54) is 44.5 Å². The van der Waals surface area contributed by atoms with Gasteiger partial charge in [0, 0.05) is 17.1 Å². The molecule has 0 heterocycles. The lowest BCUT2D eigenvalue weighted by atomic mass is 10.1. The lowest BCUT2D eigenvalue weighted by Crippen LogP contribution is -2.26. The highest BCUT2D eigenvalue weighted by Crippen LogP contribution is 2.25. The Bertz CT molecular complexity index is 1230. The van der Waals surface area contributed by atoms with Crippen molar-refractivity contribution in [2.45, 2.75) is 4.90 Å². The van der Waals surface area contributed by atoms with Crippen LogP contribution in [0.5, 0.6) is 0 Å². The second-order valence-electron chi connectivity index (χ2n) is 6.47. The Morgan fingerprint density at radius 1 is 0.968 bits per heavy atom. The minimum absolute atomic E-state index is 0.0319. The highest BCUT2D eigenvalue weighted by molar-refractivity contribution is 9.10. The van der Waals surface area contributed by atoms with E-state index in [4.69, 9.17) is 4.74 Å². The number of esters is 1. The van der Waals surface area contributed by atoms with Crippen LogP contribution in [-0.2, 0) is 14.8 Å². The second kappa shape index (κ2) is 9.32. The molecule has 0 saturated carbocycles. The number of anilines is 2. The van der Waals surface area contributed by atoms with Gasteiger partial charge in [-0.05, 0) is 48.5 Å². The molecular weight excluding hydrogens is 484 g/mol. The van der Waals surface area contributed by atoms with Gasteiger partial charge in [-0.15, -0.1) is 0 Å². The molecular formula is C22H19BrN2O5S. The van der Waals surface area contributed by atoms with Crippen LogP contribution in [0, 0.1) is 0 Å². The van der Waals surface area contributed by atoms with E-state index in [0.29, 0.717) is 10.2 Å². The summed E-state index contributed by atoms with van der Waals surface area (Å²) in [6.45, 7) is 0. The molecule has 0 radical (unpaired) electrons. The lowest BCUT2D eigenvalue weighted by Gasteiger charge is -2.19. The number of amides is 1. The molecule has 3 rings (SSSR count). The van der Waals surface area contributed by atoms with Crippen molar-refractivity contribution in [2.24, 2.45) is 0 Å². The summed E-state index contributed by atoms with van der Waals surface area (Å²) in [5.41, 5.74) is 1.03. The third-order valence-electron chi connectivity index (χ3n) is 4.51. The van der Waals surface area contributed by atoms with Gasteiger partial charge in [-0.3, -0.25) is 9.10 Å². The molecule has 3 aromatic rings. The van der Waals surface area contributed by atoms with E-state index in [9.17, 15) is 18.0 Å². The predicted molar refractivity (Wildman–Crippen MR) is 122 cm³/mol. The summed E-state index contributed by atoms with van der Waals surface area (Å²) in [5.74, 6) is -1.18. The van der Waals surface area contributed by atoms with Crippen LogP contribution in [0.2, 0.25) is 0 Å². The fraction of sp³-hybridized carbons (Fsp3) is 0.0909. The number of hydrogen-bond donors (Lipinski definition) is 1. The number of rotatable bonds is 6. The minimum Gasteiger partial charge on any atom is -0.465 e. The zero-order valence-corrected chi connectivity index (χ0v) is 19.1. The zero-order chi connectivity index (χ0) is 22.6. The summed E-state index contributed by atoms with van der Waals surface area (Å²) in [7, 11) is -1.19. The lowest BCUT2D eigenvalue weighted by molar-refractivity contribution is 0.0602. The fourth-order valence-corrected chi connectivity index (χ4v) is 4.43. The van der Waals surface area contributed by atoms with Gasteiger partial charge in [0.25, 0.3) is 15.9 Å². The number of nitrogens with zero attached hydrogens (tertiary/aromatic N) is 1. The van der Waals surface area contributed by atoms with Crippen LogP contribution in [0.25, 0.3) is 0 Å². The number of carbonyl (C=O) groups is 2. The van der Waals surface area contributed by atoms with E-state index in [1.54, 1.807) is 42.5 Å². The molecule has 0 aliphatic heterocycles. The number of sulfonamides is 1. The number of ether oxygens (including phenoxy) is 1. The molecule has 31 heavy (non-hydrogen) atoms. The molecule has 9 heteroatoms. The largest absolute Gasteiger partial charge is 0.465 e. The molecule has 0 spiro atoms. The van der Waals surface area contributed by atoms with Crippen molar-refractivity contribution < 1.29 is 22.7 Å². The maximum absolute atomic E-state index is 13.0. The second-order valence-corrected chi connectivity index (χ2v) is 9.36. The Morgan fingerprint density at radius 3 is 2.35 bits per heavy atom. The summed E-state index contributed by atoms with van der Waals surface area (Å²) < 4.78 is 32.6. The highest BCUT2D eigenvalue weighted by atomic mass is 79.9. The third kappa shape index (κ3) is 4.95. The Balaban J connectivity index is 1.90. The van der Waals surface area contributed by atoms with Gasteiger partial charge < -0.3 is 10.1 Å². The van der Waals surface area contributed by atoms with Crippen LogP contribution < -0.4 is 9.62 Å². The predicted octanol–water partition coefficient (Wildman–Crippen LogP) is 4.31. The van der Waals surface area contributed by atoms with Crippen molar-refractivity contribution in [3.63, 3.8) is 0 Å². The molecule has 0 fully saturated rings. The first-order chi connectivity index (χ1) is 14.7. The van der Waals surface area contributed by atoms with Crippen LogP contribution in [0.4, 0.5) is 11.4 Å². The zero-order valence-electron chi connectivity index (χ0n) is 16.7. The highest BCUT2D eigenvalue weighted by Gasteiger charge is 2.23. The maximum Gasteiger partial charge on any atom is 0.340 e. The molecule has 0 bridgehead atoms. The molecule has 160 valence electrons. The number of carbonyl (C=O) groups excluding carboxylic acids is 2. The average molecular weight is 503 g/mol. The Hall–Kier alpha value is -3.17. The topological polar surface area (TPSA) is 92.8 Å². The van der Waals surface area contributed by atoms with Crippen molar-refractivity contribution >= 4 is 49.2 Å². The first-order valence-electron chi connectivity index (χ1n) is 9.07. The first kappa shape index (κ1) is 22.5. The molecule has 0 unspecified atom stereocenters. The van der Waals surface area contributed by atoms with Gasteiger partial charge in [0.05, 0.1) is 28.9 Å². The normalized spacial score (nSPS) is 10.9. The minimum atomic E-state index is -3.88. The summed E-state index contributed by atoms with van der Waals surface area (Å²) in [6, 6.07) is 19.1. The Morgan fingerprint density at radius 2 is 1.68 bits per heavy atom. The van der Waals surface area contributed by atoms with Gasteiger partial charge in [0.15, 0.2) is 0 Å². The quantitative estimate of drug-likeness (QED) is 0.506. The SMILES string of the molecule is COC(=O)c1cc(Br)ccc1NC(=O)c1cccc(S(=O)(=O)N(C)c2ccccc2)c1. The Kier molecular flexibility index (Phi) is 6.77. The van der Waals surface area contributed by atoms with E-state index in [1.807, 2.05) is 0 Å². The third-order valence-corrected chi connectivity index (χ3v) is 6.78. The van der Waals surface area contributed by atoms with Crippen LogP contribution in [-0.4, -0.2) is 34.5 Å². The molecule has 0 aliphatic rings. The summed E-state index contributed by atoms with van der Waals surface area (Å²) in [6.07, 6.45) is 0. The van der Waals surface area contributed by atoms with Crippen LogP contribution in [0.3, 0.4) is 0 Å². The van der Waals surface area contributed by atoms with Gasteiger partial charge in [-0.25, -0.2) is 13.2 Å². The summed E-state index contributed by atoms with van der Waals surface area (Å²) in [4.78, 5) is 24.8. The smallest absolute Gasteiger partial charge is 0.340 e. The van der Waals surface area contributed by atoms with Crippen molar-refractivity contribution in [2.75, 3.05) is 23.8 Å². The standard InChI is InChI=1S/C22H19BrN2O5S/c1-25(17-8-4-3-5-9-17)31(28,29)18-10-6-7-15(13-18)21(26)24-20-12-11-16(23)14-19(20)22(27)30-2/h3-14H,1-2H3,(H,24,26). The van der Waals surface area contributed by atoms with E-state index < -0.39 is 21.9 Å². The molecule has 7 nitrogen and oxygen atoms in total. The number of methoxy groups -OCH3 is 1. The number of nitrogens with one attached hydrogen (secondary N) is 1. The molecule has 0 aromatic heterocycles. The molecule has 1 amide bonds. The number of halogens is 1. The van der Waals surface area contributed by atoms with Crippen molar-refractivity contribution in [1.29, 1.82) is 0 Å². The summed E-state index contributed by atoms with van der Waals surface area (Å²) >= 11 is 3.28. The fourth-order valence-electron chi connectivity index (χ4n) is 2.83. The molecule has 3 aromatic carbocycles. The van der Waals surface area contributed by atoms with Crippen LogP contribution in [0.15, 0.2) is 82.2 Å². The maximum atomic E-state index is 13.0. The van der Waals surface area contributed by atoms with Crippen LogP contribution >= 0.6 is 15.9 Å². The number of hydrogen-bond acceptors (Lipinski definition) is 5. The molecule has 0 saturated heterocycles. The van der Waals surface area contributed by atoms with Gasteiger partial charge in [-0.2, -0.15) is 0 Å². The molecule has 0 atom stereocenters. The van der Waals surface area contributed by atoms with Gasteiger partial charge in [-0.1, -0.05) is 40.2 Å². The van der Waals surface area contributed by atoms with E-state index in [2.05, 4.69) is 21.2 Å². The average Bonchev–Trinajstić information content (AvgIpc) is 2.79.